The Labute approximate surface area is 199 Å². The summed E-state index contributed by atoms with van der Waals surface area (Å²) in [5.41, 5.74) is 1.85. The Hall–Kier alpha value is -2.35. The molecule has 2 aromatic rings. The molecular formula is C21H28F3N5O4S. The van der Waals surface area contributed by atoms with E-state index in [2.05, 4.69) is 37.7 Å². The van der Waals surface area contributed by atoms with E-state index in [1.807, 2.05) is 19.1 Å². The first-order chi connectivity index (χ1) is 16.0. The third-order valence-corrected chi connectivity index (χ3v) is 6.20. The predicted octanol–water partition coefficient (Wildman–Crippen LogP) is 2.90. The number of nitrogens with one attached hydrogen (secondary N) is 1. The van der Waals surface area contributed by atoms with Crippen molar-refractivity contribution in [1.29, 1.82) is 0 Å². The number of carbonyl (C=O) groups is 1. The molecule has 1 spiro atoms. The van der Waals surface area contributed by atoms with Gasteiger partial charge in [0.05, 0.1) is 36.2 Å². The lowest BCUT2D eigenvalue weighted by Crippen LogP contribution is -2.44. The van der Waals surface area contributed by atoms with Gasteiger partial charge in [-0.3, -0.25) is 4.90 Å². The van der Waals surface area contributed by atoms with Crippen molar-refractivity contribution in [3.8, 4) is 0 Å². The Morgan fingerprint density at radius 2 is 2.12 bits per heavy atom. The Kier molecular flexibility index (Phi) is 8.79. The van der Waals surface area contributed by atoms with Crippen LogP contribution < -0.4 is 5.32 Å². The number of halogens is 3. The van der Waals surface area contributed by atoms with E-state index in [9.17, 15) is 13.2 Å². The van der Waals surface area contributed by atoms with Crippen LogP contribution in [0.3, 0.4) is 0 Å². The molecule has 2 atom stereocenters. The smallest absolute Gasteiger partial charge is 0.475 e. The standard InChI is InChI=1S/C19H27N5O2S.C2HF3O2/c1-14-3-4-18(23-22-14)20-8-16-7-19(26-10-16)12-24(5-6-25-13-19)9-17-11-27-15(2)21-17;3-2(4,5)1(6)7/h3-4,11,16H,5-10,12-13H2,1-2H3,(H,20,23);(H,6,7). The largest absolute Gasteiger partial charge is 0.490 e. The predicted molar refractivity (Wildman–Crippen MR) is 119 cm³/mol. The first kappa shape index (κ1) is 26.3. The molecule has 0 aliphatic carbocycles. The highest BCUT2D eigenvalue weighted by Crippen LogP contribution is 2.33. The molecule has 0 aromatic carbocycles. The van der Waals surface area contributed by atoms with Crippen LogP contribution in [0.15, 0.2) is 17.5 Å². The molecule has 2 unspecified atom stereocenters. The Morgan fingerprint density at radius 3 is 2.74 bits per heavy atom. The van der Waals surface area contributed by atoms with Gasteiger partial charge >= 0.3 is 12.1 Å². The third-order valence-electron chi connectivity index (χ3n) is 5.38. The van der Waals surface area contributed by atoms with Crippen molar-refractivity contribution in [1.82, 2.24) is 20.1 Å². The van der Waals surface area contributed by atoms with E-state index in [-0.39, 0.29) is 5.60 Å². The van der Waals surface area contributed by atoms with E-state index >= 15 is 0 Å². The zero-order valence-electron chi connectivity index (χ0n) is 19.0. The molecule has 4 rings (SSSR count). The lowest BCUT2D eigenvalue weighted by molar-refractivity contribution is -0.192. The number of anilines is 1. The van der Waals surface area contributed by atoms with Crippen LogP contribution in [0, 0.1) is 19.8 Å². The van der Waals surface area contributed by atoms with Gasteiger partial charge in [-0.2, -0.15) is 18.3 Å². The lowest BCUT2D eigenvalue weighted by atomic mass is 9.94. The maximum atomic E-state index is 10.6. The van der Waals surface area contributed by atoms with E-state index < -0.39 is 12.1 Å². The van der Waals surface area contributed by atoms with Crippen LogP contribution in [0.2, 0.25) is 0 Å². The van der Waals surface area contributed by atoms with Gasteiger partial charge in [-0.25, -0.2) is 9.78 Å². The fourth-order valence-electron chi connectivity index (χ4n) is 3.85. The maximum absolute atomic E-state index is 10.6. The zero-order valence-corrected chi connectivity index (χ0v) is 19.8. The van der Waals surface area contributed by atoms with Gasteiger partial charge in [0.25, 0.3) is 0 Å². The number of hydrogen-bond donors (Lipinski definition) is 2. The molecule has 0 bridgehead atoms. The molecule has 2 N–H and O–H groups in total. The van der Waals surface area contributed by atoms with Crippen molar-refractivity contribution in [2.45, 2.75) is 38.6 Å². The van der Waals surface area contributed by atoms with Crippen LogP contribution in [0.4, 0.5) is 19.0 Å². The normalized spacial score (nSPS) is 23.3. The second-order valence-electron chi connectivity index (χ2n) is 8.43. The molecule has 0 radical (unpaired) electrons. The van der Waals surface area contributed by atoms with Crippen LogP contribution >= 0.6 is 11.3 Å². The van der Waals surface area contributed by atoms with Crippen LogP contribution in [-0.4, -0.2) is 82.4 Å². The zero-order chi connectivity index (χ0) is 24.8. The second-order valence-corrected chi connectivity index (χ2v) is 9.49. The number of aryl methyl sites for hydroxylation is 2. The number of hydrogen-bond acceptors (Lipinski definition) is 9. The molecule has 34 heavy (non-hydrogen) atoms. The minimum atomic E-state index is -5.08. The number of aromatic nitrogens is 3. The van der Waals surface area contributed by atoms with E-state index in [1.54, 1.807) is 11.3 Å². The average molecular weight is 504 g/mol. The second kappa shape index (κ2) is 11.4. The van der Waals surface area contributed by atoms with Crippen molar-refractivity contribution in [3.63, 3.8) is 0 Å². The Morgan fingerprint density at radius 1 is 1.35 bits per heavy atom. The molecular weight excluding hydrogens is 475 g/mol. The minimum Gasteiger partial charge on any atom is -0.475 e. The molecule has 2 fully saturated rings. The van der Waals surface area contributed by atoms with E-state index in [0.29, 0.717) is 12.5 Å². The fourth-order valence-corrected chi connectivity index (χ4v) is 4.46. The summed E-state index contributed by atoms with van der Waals surface area (Å²) in [6, 6.07) is 3.94. The molecule has 0 amide bonds. The Bertz CT molecular complexity index is 943. The monoisotopic (exact) mass is 503 g/mol. The molecule has 2 aliphatic heterocycles. The van der Waals surface area contributed by atoms with Gasteiger partial charge in [0.1, 0.15) is 11.4 Å². The Balaban J connectivity index is 0.000000406. The van der Waals surface area contributed by atoms with Crippen molar-refractivity contribution < 1.29 is 32.5 Å². The molecule has 4 heterocycles. The minimum absolute atomic E-state index is 0.215. The quantitative estimate of drug-likeness (QED) is 0.636. The SMILES string of the molecule is Cc1ccc(NCC2COC3(COCCN(Cc4csc(C)n4)C3)C2)nn1.O=C(O)C(F)(F)F. The van der Waals surface area contributed by atoms with Gasteiger partial charge in [0.15, 0.2) is 0 Å². The highest BCUT2D eigenvalue weighted by molar-refractivity contribution is 7.09. The van der Waals surface area contributed by atoms with Gasteiger partial charge in [-0.05, 0) is 32.4 Å². The topological polar surface area (TPSA) is 110 Å². The lowest BCUT2D eigenvalue weighted by Gasteiger charge is -2.30. The summed E-state index contributed by atoms with van der Waals surface area (Å²) in [5, 5.41) is 22.1. The van der Waals surface area contributed by atoms with Gasteiger partial charge < -0.3 is 19.9 Å². The summed E-state index contributed by atoms with van der Waals surface area (Å²) >= 11 is 1.71. The molecule has 13 heteroatoms. The number of carboxylic acid groups (broad SMARTS) is 1. The van der Waals surface area contributed by atoms with Gasteiger partial charge in [-0.15, -0.1) is 16.4 Å². The number of aliphatic carboxylic acids is 1. The molecule has 0 saturated carbocycles. The van der Waals surface area contributed by atoms with Gasteiger partial charge in [0, 0.05) is 37.5 Å². The maximum Gasteiger partial charge on any atom is 0.490 e. The number of ether oxygens (including phenoxy) is 2. The molecule has 2 aromatic heterocycles. The summed E-state index contributed by atoms with van der Waals surface area (Å²) < 4.78 is 43.9. The third kappa shape index (κ3) is 7.86. The molecule has 2 aliphatic rings. The molecule has 9 nitrogen and oxygen atoms in total. The summed E-state index contributed by atoms with van der Waals surface area (Å²) in [6.45, 7) is 9.67. The fraction of sp³-hybridized carbons (Fsp3) is 0.619. The van der Waals surface area contributed by atoms with Crippen LogP contribution in [0.25, 0.3) is 0 Å². The highest BCUT2D eigenvalue weighted by Gasteiger charge is 2.43. The number of alkyl halides is 3. The van der Waals surface area contributed by atoms with Gasteiger partial charge in [-0.1, -0.05) is 0 Å². The van der Waals surface area contributed by atoms with Crippen molar-refractivity contribution >= 4 is 23.1 Å². The number of thiazole rings is 1. The molecule has 2 saturated heterocycles. The van der Waals surface area contributed by atoms with E-state index in [0.717, 1.165) is 68.0 Å². The first-order valence-electron chi connectivity index (χ1n) is 10.7. The summed E-state index contributed by atoms with van der Waals surface area (Å²) in [4.78, 5) is 15.9. The summed E-state index contributed by atoms with van der Waals surface area (Å²) in [6.07, 6.45) is -4.09. The first-order valence-corrected chi connectivity index (χ1v) is 11.6. The summed E-state index contributed by atoms with van der Waals surface area (Å²) in [7, 11) is 0. The average Bonchev–Trinajstić information content (AvgIpc) is 3.30. The van der Waals surface area contributed by atoms with Crippen LogP contribution in [0.5, 0.6) is 0 Å². The van der Waals surface area contributed by atoms with Gasteiger partial charge in [0.2, 0.25) is 0 Å². The van der Waals surface area contributed by atoms with Crippen LogP contribution in [0.1, 0.15) is 22.8 Å². The summed E-state index contributed by atoms with van der Waals surface area (Å²) in [5.74, 6) is -1.50. The number of nitrogens with zero attached hydrogens (tertiary/aromatic N) is 4. The number of rotatable bonds is 5. The van der Waals surface area contributed by atoms with Crippen LogP contribution in [-0.2, 0) is 20.8 Å². The van der Waals surface area contributed by atoms with E-state index in [1.165, 1.54) is 0 Å². The van der Waals surface area contributed by atoms with Crippen molar-refractivity contribution in [2.75, 3.05) is 44.8 Å². The number of carboxylic acids is 1. The highest BCUT2D eigenvalue weighted by atomic mass is 32.1. The van der Waals surface area contributed by atoms with Crippen molar-refractivity contribution in [2.24, 2.45) is 5.92 Å². The van der Waals surface area contributed by atoms with Crippen molar-refractivity contribution in [3.05, 3.63) is 33.9 Å². The molecule has 188 valence electrons. The van der Waals surface area contributed by atoms with E-state index in [4.69, 9.17) is 19.4 Å².